The summed E-state index contributed by atoms with van der Waals surface area (Å²) in [6.07, 6.45) is 0.876. The number of methoxy groups -OCH3 is 1. The van der Waals surface area contributed by atoms with Gasteiger partial charge in [-0.3, -0.25) is 4.79 Å². The molecular weight excluding hydrogens is 266 g/mol. The first-order valence-electron chi connectivity index (χ1n) is 6.82. The van der Waals surface area contributed by atoms with Crippen molar-refractivity contribution in [1.29, 1.82) is 5.26 Å². The Labute approximate surface area is 123 Å². The molecule has 0 saturated carbocycles. The molecular formula is C16H17N3O2. The molecule has 21 heavy (non-hydrogen) atoms. The average Bonchev–Trinajstić information content (AvgIpc) is 2.51. The van der Waals surface area contributed by atoms with Gasteiger partial charge in [0, 0.05) is 17.7 Å². The Bertz CT molecular complexity index is 729. The SMILES string of the molecule is CCCn1nc(-c2ccccc2OC)cc(CC#N)c1=O. The maximum absolute atomic E-state index is 12.2. The molecule has 1 heterocycles. The van der Waals surface area contributed by atoms with Crippen LogP contribution < -0.4 is 10.3 Å². The quantitative estimate of drug-likeness (QED) is 0.845. The van der Waals surface area contributed by atoms with E-state index in [9.17, 15) is 4.79 Å². The van der Waals surface area contributed by atoms with Crippen molar-refractivity contribution in [3.8, 4) is 23.1 Å². The van der Waals surface area contributed by atoms with Crippen LogP contribution in [-0.2, 0) is 13.0 Å². The molecule has 0 fully saturated rings. The second-order valence-electron chi connectivity index (χ2n) is 4.62. The van der Waals surface area contributed by atoms with Crippen molar-refractivity contribution in [2.24, 2.45) is 0 Å². The summed E-state index contributed by atoms with van der Waals surface area (Å²) < 4.78 is 6.76. The largest absolute Gasteiger partial charge is 0.496 e. The molecule has 0 bridgehead atoms. The standard InChI is InChI=1S/C16H17N3O2/c1-3-10-19-16(20)12(8-9-17)11-14(18-19)13-6-4-5-7-15(13)21-2/h4-7,11H,3,8,10H2,1-2H3. The highest BCUT2D eigenvalue weighted by atomic mass is 16.5. The molecule has 0 atom stereocenters. The van der Waals surface area contributed by atoms with E-state index in [1.54, 1.807) is 13.2 Å². The summed E-state index contributed by atoms with van der Waals surface area (Å²) in [6, 6.07) is 11.2. The fourth-order valence-corrected chi connectivity index (χ4v) is 2.16. The van der Waals surface area contributed by atoms with E-state index in [1.807, 2.05) is 37.3 Å². The van der Waals surface area contributed by atoms with Gasteiger partial charge >= 0.3 is 0 Å². The zero-order valence-corrected chi connectivity index (χ0v) is 12.2. The van der Waals surface area contributed by atoms with E-state index < -0.39 is 0 Å². The van der Waals surface area contributed by atoms with Crippen molar-refractivity contribution in [1.82, 2.24) is 9.78 Å². The first-order valence-corrected chi connectivity index (χ1v) is 6.82. The van der Waals surface area contributed by atoms with Gasteiger partial charge in [-0.25, -0.2) is 4.68 Å². The van der Waals surface area contributed by atoms with Crippen LogP contribution in [0.2, 0.25) is 0 Å². The van der Waals surface area contributed by atoms with Gasteiger partial charge in [0.25, 0.3) is 5.56 Å². The van der Waals surface area contributed by atoms with Crippen LogP contribution >= 0.6 is 0 Å². The fourth-order valence-electron chi connectivity index (χ4n) is 2.16. The molecule has 108 valence electrons. The summed E-state index contributed by atoms with van der Waals surface area (Å²) in [5.74, 6) is 0.689. The third kappa shape index (κ3) is 3.11. The highest BCUT2D eigenvalue weighted by Gasteiger charge is 2.12. The highest BCUT2D eigenvalue weighted by Crippen LogP contribution is 2.27. The van der Waals surface area contributed by atoms with Gasteiger partial charge in [0.1, 0.15) is 5.75 Å². The Morgan fingerprint density at radius 2 is 2.14 bits per heavy atom. The molecule has 0 saturated heterocycles. The lowest BCUT2D eigenvalue weighted by Crippen LogP contribution is -2.26. The molecule has 0 aliphatic heterocycles. The second kappa shape index (κ2) is 6.71. The van der Waals surface area contributed by atoms with Crippen LogP contribution in [0.3, 0.4) is 0 Å². The predicted octanol–water partition coefficient (Wildman–Crippen LogP) is 2.39. The van der Waals surface area contributed by atoms with Gasteiger partial charge in [0.15, 0.2) is 0 Å². The Hall–Kier alpha value is -2.61. The van der Waals surface area contributed by atoms with Crippen molar-refractivity contribution in [2.45, 2.75) is 26.3 Å². The second-order valence-corrected chi connectivity index (χ2v) is 4.62. The molecule has 0 aliphatic carbocycles. The minimum absolute atomic E-state index is 0.0766. The van der Waals surface area contributed by atoms with Crippen LogP contribution in [-0.4, -0.2) is 16.9 Å². The normalized spacial score (nSPS) is 10.1. The molecule has 0 unspecified atom stereocenters. The Morgan fingerprint density at radius 1 is 1.38 bits per heavy atom. The monoisotopic (exact) mass is 283 g/mol. The van der Waals surface area contributed by atoms with Crippen LogP contribution in [0.15, 0.2) is 35.1 Å². The molecule has 5 nitrogen and oxygen atoms in total. The summed E-state index contributed by atoms with van der Waals surface area (Å²) in [6.45, 7) is 2.51. The molecule has 2 aromatic rings. The lowest BCUT2D eigenvalue weighted by Gasteiger charge is -2.11. The summed E-state index contributed by atoms with van der Waals surface area (Å²) in [7, 11) is 1.59. The van der Waals surface area contributed by atoms with Crippen molar-refractivity contribution >= 4 is 0 Å². The molecule has 0 N–H and O–H groups in total. The zero-order chi connectivity index (χ0) is 15.2. The fraction of sp³-hybridized carbons (Fsp3) is 0.312. The van der Waals surface area contributed by atoms with Crippen LogP contribution in [0.25, 0.3) is 11.3 Å². The van der Waals surface area contributed by atoms with E-state index in [0.29, 0.717) is 23.6 Å². The van der Waals surface area contributed by atoms with E-state index in [2.05, 4.69) is 5.10 Å². The number of aryl methyl sites for hydroxylation is 1. The Morgan fingerprint density at radius 3 is 2.81 bits per heavy atom. The molecule has 0 amide bonds. The zero-order valence-electron chi connectivity index (χ0n) is 12.2. The van der Waals surface area contributed by atoms with Gasteiger partial charge in [0.2, 0.25) is 0 Å². The van der Waals surface area contributed by atoms with Gasteiger partial charge in [-0.05, 0) is 24.6 Å². The maximum atomic E-state index is 12.2. The summed E-state index contributed by atoms with van der Waals surface area (Å²) in [4.78, 5) is 12.2. The van der Waals surface area contributed by atoms with Crippen LogP contribution in [0.1, 0.15) is 18.9 Å². The molecule has 5 heteroatoms. The lowest BCUT2D eigenvalue weighted by molar-refractivity contribution is 0.416. The first kappa shape index (κ1) is 14.8. The van der Waals surface area contributed by atoms with Gasteiger partial charge in [0.05, 0.1) is 25.3 Å². The van der Waals surface area contributed by atoms with Crippen molar-refractivity contribution in [2.75, 3.05) is 7.11 Å². The minimum Gasteiger partial charge on any atom is -0.496 e. The van der Waals surface area contributed by atoms with Crippen molar-refractivity contribution in [3.05, 3.63) is 46.2 Å². The van der Waals surface area contributed by atoms with E-state index in [-0.39, 0.29) is 12.0 Å². The van der Waals surface area contributed by atoms with Crippen molar-refractivity contribution in [3.63, 3.8) is 0 Å². The number of para-hydroxylation sites is 1. The molecule has 0 spiro atoms. The minimum atomic E-state index is -0.197. The smallest absolute Gasteiger partial charge is 0.271 e. The Kier molecular flexibility index (Phi) is 4.72. The molecule has 1 aromatic carbocycles. The highest BCUT2D eigenvalue weighted by molar-refractivity contribution is 5.67. The van der Waals surface area contributed by atoms with Crippen LogP contribution in [0.4, 0.5) is 0 Å². The average molecular weight is 283 g/mol. The van der Waals surface area contributed by atoms with Gasteiger partial charge in [-0.1, -0.05) is 19.1 Å². The van der Waals surface area contributed by atoms with Crippen LogP contribution in [0, 0.1) is 11.3 Å². The van der Waals surface area contributed by atoms with E-state index in [1.165, 1.54) is 4.68 Å². The van der Waals surface area contributed by atoms with E-state index in [4.69, 9.17) is 10.00 Å². The number of ether oxygens (including phenoxy) is 1. The Balaban J connectivity index is 2.63. The first-order chi connectivity index (χ1) is 10.2. The maximum Gasteiger partial charge on any atom is 0.271 e. The molecule has 1 aromatic heterocycles. The van der Waals surface area contributed by atoms with Gasteiger partial charge in [-0.2, -0.15) is 10.4 Å². The van der Waals surface area contributed by atoms with Crippen LogP contribution in [0.5, 0.6) is 5.75 Å². The summed E-state index contributed by atoms with van der Waals surface area (Å²) >= 11 is 0. The number of hydrogen-bond acceptors (Lipinski definition) is 4. The number of rotatable bonds is 5. The van der Waals surface area contributed by atoms with Gasteiger partial charge in [-0.15, -0.1) is 0 Å². The molecule has 0 radical (unpaired) electrons. The van der Waals surface area contributed by atoms with Gasteiger partial charge < -0.3 is 4.74 Å². The molecule has 0 aliphatic rings. The predicted molar refractivity (Wildman–Crippen MR) is 80.1 cm³/mol. The number of benzene rings is 1. The summed E-state index contributed by atoms with van der Waals surface area (Å²) in [5, 5.41) is 13.3. The van der Waals surface area contributed by atoms with Crippen molar-refractivity contribution < 1.29 is 4.74 Å². The number of nitriles is 1. The number of nitrogens with zero attached hydrogens (tertiary/aromatic N) is 3. The third-order valence-corrected chi connectivity index (χ3v) is 3.14. The summed E-state index contributed by atoms with van der Waals surface area (Å²) in [5.41, 5.74) is 1.72. The van der Waals surface area contributed by atoms with E-state index in [0.717, 1.165) is 12.0 Å². The topological polar surface area (TPSA) is 67.9 Å². The number of aromatic nitrogens is 2. The van der Waals surface area contributed by atoms with E-state index >= 15 is 0 Å². The lowest BCUT2D eigenvalue weighted by atomic mass is 10.1. The third-order valence-electron chi connectivity index (χ3n) is 3.14. The molecule has 2 rings (SSSR count). The number of hydrogen-bond donors (Lipinski definition) is 0.